The summed E-state index contributed by atoms with van der Waals surface area (Å²) in [5, 5.41) is 12.6. The summed E-state index contributed by atoms with van der Waals surface area (Å²) >= 11 is 0. The van der Waals surface area contributed by atoms with Gasteiger partial charge in [0.15, 0.2) is 11.5 Å². The third-order valence-electron chi connectivity index (χ3n) is 2.04. The lowest BCUT2D eigenvalue weighted by atomic mass is 10.3. The summed E-state index contributed by atoms with van der Waals surface area (Å²) in [6.07, 6.45) is 0.198. The lowest BCUT2D eigenvalue weighted by Gasteiger charge is -2.11. The Morgan fingerprint density at radius 2 is 2.06 bits per heavy atom. The molecule has 16 heavy (non-hydrogen) atoms. The van der Waals surface area contributed by atoms with Crippen LogP contribution in [0.25, 0.3) is 0 Å². The highest BCUT2D eigenvalue weighted by Gasteiger charge is 2.03. The standard InChI is InChI=1S/C12H19NO3/c1-9(2)15-6-7-16-12-5-4-10(13-3)8-11(12)14/h4-5,8-9,13-14H,6-7H2,1-3H3. The average Bonchev–Trinajstić information content (AvgIpc) is 2.25. The molecule has 1 aromatic carbocycles. The van der Waals surface area contributed by atoms with Gasteiger partial charge < -0.3 is 19.9 Å². The Balaban J connectivity index is 2.42. The van der Waals surface area contributed by atoms with Crippen molar-refractivity contribution in [3.8, 4) is 11.5 Å². The smallest absolute Gasteiger partial charge is 0.161 e. The van der Waals surface area contributed by atoms with E-state index in [1.54, 1.807) is 19.2 Å². The number of phenolic OH excluding ortho intramolecular Hbond substituents is 1. The molecule has 0 spiro atoms. The molecule has 0 aliphatic rings. The van der Waals surface area contributed by atoms with E-state index in [0.29, 0.717) is 19.0 Å². The predicted octanol–water partition coefficient (Wildman–Crippen LogP) is 2.24. The molecule has 0 bridgehead atoms. The highest BCUT2D eigenvalue weighted by molar-refractivity contribution is 5.53. The molecular weight excluding hydrogens is 206 g/mol. The molecule has 0 aliphatic carbocycles. The van der Waals surface area contributed by atoms with Crippen molar-refractivity contribution in [1.29, 1.82) is 0 Å². The summed E-state index contributed by atoms with van der Waals surface area (Å²) in [7, 11) is 1.80. The molecule has 0 radical (unpaired) electrons. The van der Waals surface area contributed by atoms with E-state index < -0.39 is 0 Å². The van der Waals surface area contributed by atoms with Crippen LogP contribution in [-0.2, 0) is 4.74 Å². The van der Waals surface area contributed by atoms with Crippen molar-refractivity contribution in [3.63, 3.8) is 0 Å². The van der Waals surface area contributed by atoms with Crippen molar-refractivity contribution in [2.24, 2.45) is 0 Å². The van der Waals surface area contributed by atoms with Gasteiger partial charge in [0.05, 0.1) is 12.7 Å². The minimum absolute atomic E-state index is 0.136. The van der Waals surface area contributed by atoms with Gasteiger partial charge in [-0.2, -0.15) is 0 Å². The summed E-state index contributed by atoms with van der Waals surface area (Å²) in [6.45, 7) is 4.90. The van der Waals surface area contributed by atoms with Gasteiger partial charge in [0, 0.05) is 18.8 Å². The van der Waals surface area contributed by atoms with Crippen LogP contribution < -0.4 is 10.1 Å². The molecule has 0 saturated heterocycles. The van der Waals surface area contributed by atoms with Crippen LogP contribution in [0.5, 0.6) is 11.5 Å². The molecule has 4 nitrogen and oxygen atoms in total. The number of ether oxygens (including phenoxy) is 2. The lowest BCUT2D eigenvalue weighted by molar-refractivity contribution is 0.0547. The van der Waals surface area contributed by atoms with Crippen LogP contribution in [-0.4, -0.2) is 31.5 Å². The third-order valence-corrected chi connectivity index (χ3v) is 2.04. The van der Waals surface area contributed by atoms with E-state index in [1.807, 2.05) is 19.9 Å². The van der Waals surface area contributed by atoms with Crippen molar-refractivity contribution >= 4 is 5.69 Å². The maximum absolute atomic E-state index is 9.63. The van der Waals surface area contributed by atoms with Crippen molar-refractivity contribution < 1.29 is 14.6 Å². The summed E-state index contributed by atoms with van der Waals surface area (Å²) < 4.78 is 10.7. The fourth-order valence-corrected chi connectivity index (χ4v) is 1.23. The first-order valence-electron chi connectivity index (χ1n) is 5.38. The van der Waals surface area contributed by atoms with E-state index in [2.05, 4.69) is 5.32 Å². The minimum atomic E-state index is 0.136. The number of rotatable bonds is 6. The summed E-state index contributed by atoms with van der Waals surface area (Å²) in [5.41, 5.74) is 0.850. The first-order chi connectivity index (χ1) is 7.63. The van der Waals surface area contributed by atoms with E-state index in [-0.39, 0.29) is 11.9 Å². The van der Waals surface area contributed by atoms with Gasteiger partial charge in [-0.05, 0) is 26.0 Å². The van der Waals surface area contributed by atoms with E-state index >= 15 is 0 Å². The first-order valence-corrected chi connectivity index (χ1v) is 5.38. The Bertz CT molecular complexity index is 326. The molecule has 0 heterocycles. The zero-order chi connectivity index (χ0) is 12.0. The molecule has 4 heteroatoms. The lowest BCUT2D eigenvalue weighted by Crippen LogP contribution is -2.11. The largest absolute Gasteiger partial charge is 0.504 e. The van der Waals surface area contributed by atoms with Crippen LogP contribution in [0.2, 0.25) is 0 Å². The van der Waals surface area contributed by atoms with Gasteiger partial charge in [-0.3, -0.25) is 0 Å². The Labute approximate surface area is 96.2 Å². The van der Waals surface area contributed by atoms with Crippen molar-refractivity contribution in [2.75, 3.05) is 25.6 Å². The number of aromatic hydroxyl groups is 1. The molecule has 0 aromatic heterocycles. The Kier molecular flexibility index (Phi) is 4.92. The highest BCUT2D eigenvalue weighted by Crippen LogP contribution is 2.28. The molecule has 2 N–H and O–H groups in total. The number of anilines is 1. The topological polar surface area (TPSA) is 50.7 Å². The normalized spacial score (nSPS) is 10.5. The molecular formula is C12H19NO3. The van der Waals surface area contributed by atoms with Crippen LogP contribution in [0.15, 0.2) is 18.2 Å². The molecule has 1 aromatic rings. The zero-order valence-corrected chi connectivity index (χ0v) is 9.99. The molecule has 0 saturated carbocycles. The second-order valence-electron chi connectivity index (χ2n) is 3.70. The first kappa shape index (κ1) is 12.6. The van der Waals surface area contributed by atoms with Gasteiger partial charge in [0.1, 0.15) is 6.61 Å². The maximum Gasteiger partial charge on any atom is 0.161 e. The SMILES string of the molecule is CNc1ccc(OCCOC(C)C)c(O)c1. The minimum Gasteiger partial charge on any atom is -0.504 e. The van der Waals surface area contributed by atoms with Crippen molar-refractivity contribution in [3.05, 3.63) is 18.2 Å². The van der Waals surface area contributed by atoms with E-state index in [0.717, 1.165) is 5.69 Å². The number of benzene rings is 1. The second-order valence-corrected chi connectivity index (χ2v) is 3.70. The number of phenols is 1. The monoisotopic (exact) mass is 225 g/mol. The van der Waals surface area contributed by atoms with Crippen molar-refractivity contribution in [1.82, 2.24) is 0 Å². The van der Waals surface area contributed by atoms with Crippen LogP contribution in [0.4, 0.5) is 5.69 Å². The molecule has 90 valence electrons. The second kappa shape index (κ2) is 6.23. The number of nitrogens with one attached hydrogen (secondary N) is 1. The number of hydrogen-bond donors (Lipinski definition) is 2. The van der Waals surface area contributed by atoms with Crippen LogP contribution in [0.3, 0.4) is 0 Å². The third kappa shape index (κ3) is 3.98. The Hall–Kier alpha value is -1.42. The summed E-state index contributed by atoms with van der Waals surface area (Å²) in [4.78, 5) is 0. The van der Waals surface area contributed by atoms with Gasteiger partial charge in [-0.25, -0.2) is 0 Å². The van der Waals surface area contributed by atoms with Crippen molar-refractivity contribution in [2.45, 2.75) is 20.0 Å². The van der Waals surface area contributed by atoms with Crippen LogP contribution in [0.1, 0.15) is 13.8 Å². The molecule has 0 aliphatic heterocycles. The maximum atomic E-state index is 9.63. The number of hydrogen-bond acceptors (Lipinski definition) is 4. The molecule has 0 amide bonds. The molecule has 0 atom stereocenters. The van der Waals surface area contributed by atoms with Crippen LogP contribution in [0, 0.1) is 0 Å². The predicted molar refractivity (Wildman–Crippen MR) is 64.2 cm³/mol. The van der Waals surface area contributed by atoms with Gasteiger partial charge in [0.25, 0.3) is 0 Å². The van der Waals surface area contributed by atoms with Gasteiger partial charge in [0.2, 0.25) is 0 Å². The highest BCUT2D eigenvalue weighted by atomic mass is 16.5. The van der Waals surface area contributed by atoms with Gasteiger partial charge in [-0.15, -0.1) is 0 Å². The van der Waals surface area contributed by atoms with Gasteiger partial charge in [-0.1, -0.05) is 0 Å². The summed E-state index contributed by atoms with van der Waals surface area (Å²) in [5.74, 6) is 0.614. The fraction of sp³-hybridized carbons (Fsp3) is 0.500. The Morgan fingerprint density at radius 1 is 1.31 bits per heavy atom. The molecule has 0 unspecified atom stereocenters. The van der Waals surface area contributed by atoms with E-state index in [4.69, 9.17) is 9.47 Å². The Morgan fingerprint density at radius 3 is 2.62 bits per heavy atom. The molecule has 1 rings (SSSR count). The van der Waals surface area contributed by atoms with Gasteiger partial charge >= 0.3 is 0 Å². The molecule has 0 fully saturated rings. The average molecular weight is 225 g/mol. The zero-order valence-electron chi connectivity index (χ0n) is 9.99. The van der Waals surface area contributed by atoms with Crippen LogP contribution >= 0.6 is 0 Å². The van der Waals surface area contributed by atoms with E-state index in [9.17, 15) is 5.11 Å². The fourth-order valence-electron chi connectivity index (χ4n) is 1.23. The van der Waals surface area contributed by atoms with E-state index in [1.165, 1.54) is 0 Å². The summed E-state index contributed by atoms with van der Waals surface area (Å²) in [6, 6.07) is 5.20. The quantitative estimate of drug-likeness (QED) is 0.729.